The average Bonchev–Trinajstić information content (AvgIpc) is 2.01. The smallest absolute Gasteiger partial charge is 0.320 e. The van der Waals surface area contributed by atoms with E-state index in [2.05, 4.69) is 4.74 Å². The van der Waals surface area contributed by atoms with Gasteiger partial charge in [0.05, 0.1) is 7.11 Å². The molecule has 0 aromatic carbocycles. The van der Waals surface area contributed by atoms with Gasteiger partial charge in [-0.1, -0.05) is 0 Å². The van der Waals surface area contributed by atoms with Gasteiger partial charge in [0, 0.05) is 0 Å². The van der Waals surface area contributed by atoms with Gasteiger partial charge in [-0.05, 0) is 13.8 Å². The Bertz CT molecular complexity index is 303. The summed E-state index contributed by atoms with van der Waals surface area (Å²) in [6, 6.07) is 0. The predicted molar refractivity (Wildman–Crippen MR) is 45.9 cm³/mol. The molecule has 0 rings (SSSR count). The first-order chi connectivity index (χ1) is 5.81. The fourth-order valence-corrected chi connectivity index (χ4v) is 1.80. The third-order valence-corrected chi connectivity index (χ3v) is 3.71. The molecule has 0 aromatic heterocycles. The zero-order chi connectivity index (χ0) is 10.6. The molecule has 0 aliphatic rings. The summed E-state index contributed by atoms with van der Waals surface area (Å²) in [4.78, 5) is 21.4. The van der Waals surface area contributed by atoms with Gasteiger partial charge in [-0.2, -0.15) is 0 Å². The summed E-state index contributed by atoms with van der Waals surface area (Å²) >= 11 is 0. The van der Waals surface area contributed by atoms with E-state index in [1.165, 1.54) is 13.8 Å². The predicted octanol–water partition coefficient (Wildman–Crippen LogP) is -0.448. The molecule has 5 nitrogen and oxygen atoms in total. The van der Waals surface area contributed by atoms with E-state index in [1.54, 1.807) is 0 Å². The SMILES string of the molecule is COC(=O)CS(=O)(=O)C(C)C(C)=O. The lowest BCUT2D eigenvalue weighted by Crippen LogP contribution is -2.31. The number of ether oxygens (including phenoxy) is 1. The fraction of sp³-hybridized carbons (Fsp3) is 0.714. The molecule has 13 heavy (non-hydrogen) atoms. The Morgan fingerprint density at radius 2 is 1.85 bits per heavy atom. The van der Waals surface area contributed by atoms with Crippen LogP contribution in [0.15, 0.2) is 0 Å². The molecule has 0 spiro atoms. The standard InChI is InChI=1S/C7H12O5S/c1-5(8)6(2)13(10,11)4-7(9)12-3/h6H,4H2,1-3H3. The molecule has 0 aliphatic carbocycles. The van der Waals surface area contributed by atoms with Crippen molar-refractivity contribution in [1.82, 2.24) is 0 Å². The number of methoxy groups -OCH3 is 1. The van der Waals surface area contributed by atoms with Gasteiger partial charge < -0.3 is 4.74 Å². The van der Waals surface area contributed by atoms with Crippen molar-refractivity contribution in [3.8, 4) is 0 Å². The van der Waals surface area contributed by atoms with E-state index < -0.39 is 32.6 Å². The Morgan fingerprint density at radius 3 is 2.15 bits per heavy atom. The third-order valence-electron chi connectivity index (χ3n) is 1.66. The number of carbonyl (C=O) groups is 2. The second-order valence-corrected chi connectivity index (χ2v) is 4.96. The fourth-order valence-electron chi connectivity index (χ4n) is 0.601. The van der Waals surface area contributed by atoms with Crippen LogP contribution in [0, 0.1) is 0 Å². The van der Waals surface area contributed by atoms with Crippen molar-refractivity contribution in [3.05, 3.63) is 0 Å². The maximum atomic E-state index is 11.2. The van der Waals surface area contributed by atoms with Crippen LogP contribution in [0.25, 0.3) is 0 Å². The second-order valence-electron chi connectivity index (χ2n) is 2.64. The highest BCUT2D eigenvalue weighted by Crippen LogP contribution is 2.03. The van der Waals surface area contributed by atoms with Gasteiger partial charge in [0.25, 0.3) is 0 Å². The summed E-state index contributed by atoms with van der Waals surface area (Å²) < 4.78 is 26.6. The molecule has 0 fully saturated rings. The van der Waals surface area contributed by atoms with E-state index >= 15 is 0 Å². The highest BCUT2D eigenvalue weighted by atomic mass is 32.2. The van der Waals surface area contributed by atoms with Gasteiger partial charge >= 0.3 is 5.97 Å². The van der Waals surface area contributed by atoms with Gasteiger partial charge in [0.2, 0.25) is 0 Å². The number of Topliss-reactive ketones (excluding diaryl/α,β-unsaturated/α-hetero) is 1. The van der Waals surface area contributed by atoms with Crippen LogP contribution in [-0.4, -0.2) is 38.3 Å². The lowest BCUT2D eigenvalue weighted by molar-refractivity contribution is -0.137. The Balaban J connectivity index is 4.60. The van der Waals surface area contributed by atoms with Crippen molar-refractivity contribution in [1.29, 1.82) is 0 Å². The van der Waals surface area contributed by atoms with Crippen LogP contribution in [0.5, 0.6) is 0 Å². The summed E-state index contributed by atoms with van der Waals surface area (Å²) in [5, 5.41) is -1.15. The molecule has 0 bridgehead atoms. The van der Waals surface area contributed by atoms with E-state index in [0.717, 1.165) is 7.11 Å². The molecule has 0 aliphatic heterocycles. The van der Waals surface area contributed by atoms with Crippen LogP contribution in [0.2, 0.25) is 0 Å². The number of sulfone groups is 1. The number of hydrogen-bond acceptors (Lipinski definition) is 5. The summed E-state index contributed by atoms with van der Waals surface area (Å²) in [6.45, 7) is 2.42. The normalized spacial score (nSPS) is 13.5. The molecule has 0 radical (unpaired) electrons. The van der Waals surface area contributed by atoms with Crippen molar-refractivity contribution in [3.63, 3.8) is 0 Å². The minimum atomic E-state index is -3.69. The highest BCUT2D eigenvalue weighted by molar-refractivity contribution is 7.93. The minimum Gasteiger partial charge on any atom is -0.468 e. The molecule has 0 saturated carbocycles. The Hall–Kier alpha value is -0.910. The molecule has 0 amide bonds. The summed E-state index contributed by atoms with van der Waals surface area (Å²) in [5.74, 6) is -2.08. The Labute approximate surface area is 77.0 Å². The zero-order valence-corrected chi connectivity index (χ0v) is 8.55. The lowest BCUT2D eigenvalue weighted by atomic mass is 10.3. The monoisotopic (exact) mass is 208 g/mol. The molecule has 1 unspecified atom stereocenters. The van der Waals surface area contributed by atoms with Crippen molar-refractivity contribution in [2.45, 2.75) is 19.1 Å². The van der Waals surface area contributed by atoms with Gasteiger partial charge in [0.15, 0.2) is 9.84 Å². The van der Waals surface area contributed by atoms with Gasteiger partial charge in [-0.15, -0.1) is 0 Å². The maximum absolute atomic E-state index is 11.2. The number of esters is 1. The van der Waals surface area contributed by atoms with E-state index in [1.807, 2.05) is 0 Å². The lowest BCUT2D eigenvalue weighted by Gasteiger charge is -2.07. The molecular formula is C7H12O5S. The number of ketones is 1. The molecule has 0 saturated heterocycles. The largest absolute Gasteiger partial charge is 0.468 e. The van der Waals surface area contributed by atoms with Crippen LogP contribution in [0.1, 0.15) is 13.8 Å². The first kappa shape index (κ1) is 12.1. The first-order valence-corrected chi connectivity index (χ1v) is 5.31. The molecule has 6 heteroatoms. The zero-order valence-electron chi connectivity index (χ0n) is 7.73. The summed E-state index contributed by atoms with van der Waals surface area (Å²) in [6.07, 6.45) is 0. The van der Waals surface area contributed by atoms with E-state index in [4.69, 9.17) is 0 Å². The van der Waals surface area contributed by atoms with E-state index in [-0.39, 0.29) is 0 Å². The Kier molecular flexibility index (Phi) is 4.06. The van der Waals surface area contributed by atoms with Crippen molar-refractivity contribution in [2.75, 3.05) is 12.9 Å². The molecule has 0 heterocycles. The molecule has 1 atom stereocenters. The highest BCUT2D eigenvalue weighted by Gasteiger charge is 2.27. The van der Waals surface area contributed by atoms with Crippen molar-refractivity contribution in [2.24, 2.45) is 0 Å². The third kappa shape index (κ3) is 3.54. The maximum Gasteiger partial charge on any atom is 0.320 e. The second kappa shape index (κ2) is 4.36. The van der Waals surface area contributed by atoms with Gasteiger partial charge in [-0.25, -0.2) is 8.42 Å². The van der Waals surface area contributed by atoms with Gasteiger partial charge in [0.1, 0.15) is 16.8 Å². The minimum absolute atomic E-state index is 0.482. The van der Waals surface area contributed by atoms with Crippen molar-refractivity contribution < 1.29 is 22.7 Å². The molecular weight excluding hydrogens is 196 g/mol. The Morgan fingerprint density at radius 1 is 1.38 bits per heavy atom. The van der Waals surface area contributed by atoms with Crippen LogP contribution < -0.4 is 0 Å². The van der Waals surface area contributed by atoms with E-state index in [9.17, 15) is 18.0 Å². The van der Waals surface area contributed by atoms with Crippen molar-refractivity contribution >= 4 is 21.6 Å². The number of rotatable bonds is 4. The number of hydrogen-bond donors (Lipinski definition) is 0. The average molecular weight is 208 g/mol. The first-order valence-electron chi connectivity index (χ1n) is 3.60. The molecule has 0 aromatic rings. The topological polar surface area (TPSA) is 77.5 Å². The quantitative estimate of drug-likeness (QED) is 0.585. The van der Waals surface area contributed by atoms with E-state index in [0.29, 0.717) is 0 Å². The summed E-state index contributed by atoms with van der Waals surface area (Å²) in [7, 11) is -2.60. The van der Waals surface area contributed by atoms with Crippen LogP contribution in [0.3, 0.4) is 0 Å². The summed E-state index contributed by atoms with van der Waals surface area (Å²) in [5.41, 5.74) is 0. The van der Waals surface area contributed by atoms with Crippen LogP contribution in [0.4, 0.5) is 0 Å². The molecule has 76 valence electrons. The molecule has 0 N–H and O–H groups in total. The number of carbonyl (C=O) groups excluding carboxylic acids is 2. The van der Waals surface area contributed by atoms with Crippen LogP contribution in [-0.2, 0) is 24.2 Å². The van der Waals surface area contributed by atoms with Crippen LogP contribution >= 0.6 is 0 Å². The van der Waals surface area contributed by atoms with Gasteiger partial charge in [-0.3, -0.25) is 9.59 Å².